The molecule has 0 bridgehead atoms. The van der Waals surface area contributed by atoms with Crippen molar-refractivity contribution in [2.24, 2.45) is 0 Å². The molecule has 0 aromatic rings. The Labute approximate surface area is 76.9 Å². The van der Waals surface area contributed by atoms with Gasteiger partial charge < -0.3 is 10.4 Å². The second-order valence-electron chi connectivity index (χ2n) is 3.27. The molecule has 0 radical (unpaired) electrons. The molecule has 1 amide bonds. The van der Waals surface area contributed by atoms with E-state index in [9.17, 15) is 4.79 Å². The summed E-state index contributed by atoms with van der Waals surface area (Å²) in [6.45, 7) is 0.0765. The average molecular weight is 189 g/mol. The van der Waals surface area contributed by atoms with E-state index in [0.717, 1.165) is 19.3 Å². The monoisotopic (exact) mass is 189 g/mol. The molecule has 0 saturated heterocycles. The Morgan fingerprint density at radius 1 is 1.67 bits per heavy atom. The van der Waals surface area contributed by atoms with Gasteiger partial charge in [-0.05, 0) is 25.5 Å². The smallest absolute Gasteiger partial charge is 0.230 e. The van der Waals surface area contributed by atoms with E-state index in [2.05, 4.69) is 5.32 Å². The Kier molecular flexibility index (Phi) is 3.40. The lowest BCUT2D eigenvalue weighted by atomic mass is 9.77. The van der Waals surface area contributed by atoms with Crippen LogP contribution < -0.4 is 5.32 Å². The number of amides is 1. The van der Waals surface area contributed by atoms with Gasteiger partial charge in [-0.15, -0.1) is 0 Å². The van der Waals surface area contributed by atoms with E-state index in [-0.39, 0.29) is 18.1 Å². The van der Waals surface area contributed by atoms with Crippen molar-refractivity contribution < 1.29 is 9.90 Å². The van der Waals surface area contributed by atoms with Crippen molar-refractivity contribution in [3.8, 4) is 0 Å². The highest BCUT2D eigenvalue weighted by molar-refractivity contribution is 7.99. The van der Waals surface area contributed by atoms with Gasteiger partial charge in [0.05, 0.1) is 17.9 Å². The molecule has 4 heteroatoms. The summed E-state index contributed by atoms with van der Waals surface area (Å²) in [4.78, 5) is 11.2. The largest absolute Gasteiger partial charge is 0.394 e. The van der Waals surface area contributed by atoms with Crippen LogP contribution in [0.15, 0.2) is 0 Å². The van der Waals surface area contributed by atoms with Gasteiger partial charge in [0.1, 0.15) is 0 Å². The van der Waals surface area contributed by atoms with Crippen molar-refractivity contribution in [2.75, 3.05) is 18.6 Å². The quantitative estimate of drug-likeness (QED) is 0.672. The van der Waals surface area contributed by atoms with E-state index in [1.165, 1.54) is 11.8 Å². The van der Waals surface area contributed by atoms with Crippen LogP contribution in [0.25, 0.3) is 0 Å². The lowest BCUT2D eigenvalue weighted by molar-refractivity contribution is -0.122. The van der Waals surface area contributed by atoms with E-state index >= 15 is 0 Å². The topological polar surface area (TPSA) is 49.3 Å². The molecular formula is C8H15NO2S. The van der Waals surface area contributed by atoms with E-state index < -0.39 is 0 Å². The number of aliphatic hydroxyl groups excluding tert-OH is 1. The molecule has 0 atom stereocenters. The molecule has 2 N–H and O–H groups in total. The molecule has 0 aromatic carbocycles. The number of aliphatic hydroxyl groups is 1. The van der Waals surface area contributed by atoms with Gasteiger partial charge in [-0.2, -0.15) is 11.8 Å². The third-order valence-electron chi connectivity index (χ3n) is 2.29. The molecule has 0 spiro atoms. The maximum absolute atomic E-state index is 11.2. The van der Waals surface area contributed by atoms with E-state index in [1.807, 2.05) is 6.26 Å². The molecule has 1 fully saturated rings. The number of carbonyl (C=O) groups is 1. The molecule has 1 rings (SSSR count). The SMILES string of the molecule is CSCC(=O)NC1(CO)CCC1. The first-order chi connectivity index (χ1) is 5.72. The van der Waals surface area contributed by atoms with Gasteiger partial charge in [0, 0.05) is 0 Å². The Morgan fingerprint density at radius 2 is 2.33 bits per heavy atom. The number of nitrogens with one attached hydrogen (secondary N) is 1. The number of carbonyl (C=O) groups excluding carboxylic acids is 1. The third kappa shape index (κ3) is 2.14. The predicted octanol–water partition coefficient (Wildman–Crippen LogP) is 0.381. The van der Waals surface area contributed by atoms with Crippen LogP contribution in [-0.4, -0.2) is 35.2 Å². The Bertz CT molecular complexity index is 163. The van der Waals surface area contributed by atoms with Crippen LogP contribution in [0.5, 0.6) is 0 Å². The van der Waals surface area contributed by atoms with Crippen LogP contribution in [0.3, 0.4) is 0 Å². The normalized spacial score (nSPS) is 19.8. The summed E-state index contributed by atoms with van der Waals surface area (Å²) in [5.74, 6) is 0.526. The zero-order valence-electron chi connectivity index (χ0n) is 7.30. The summed E-state index contributed by atoms with van der Waals surface area (Å²) in [6, 6.07) is 0. The first-order valence-corrected chi connectivity index (χ1v) is 5.53. The van der Waals surface area contributed by atoms with Crippen LogP contribution in [0.4, 0.5) is 0 Å². The number of hydrogen-bond acceptors (Lipinski definition) is 3. The lowest BCUT2D eigenvalue weighted by Crippen LogP contribution is -2.56. The van der Waals surface area contributed by atoms with Gasteiger partial charge >= 0.3 is 0 Å². The summed E-state index contributed by atoms with van der Waals surface area (Å²) in [5.41, 5.74) is -0.271. The maximum Gasteiger partial charge on any atom is 0.230 e. The standard InChI is InChI=1S/C8H15NO2S/c1-12-5-7(11)9-8(6-10)3-2-4-8/h10H,2-6H2,1H3,(H,9,11). The fourth-order valence-corrected chi connectivity index (χ4v) is 1.72. The molecule has 0 heterocycles. The van der Waals surface area contributed by atoms with Crippen molar-refractivity contribution in [3.63, 3.8) is 0 Å². The highest BCUT2D eigenvalue weighted by atomic mass is 32.2. The van der Waals surface area contributed by atoms with Crippen LogP contribution in [0.1, 0.15) is 19.3 Å². The highest BCUT2D eigenvalue weighted by Crippen LogP contribution is 2.31. The average Bonchev–Trinajstić information content (AvgIpc) is 1.97. The lowest BCUT2D eigenvalue weighted by Gasteiger charge is -2.40. The van der Waals surface area contributed by atoms with Crippen LogP contribution in [-0.2, 0) is 4.79 Å². The second kappa shape index (κ2) is 4.14. The zero-order chi connectivity index (χ0) is 9.03. The van der Waals surface area contributed by atoms with E-state index in [1.54, 1.807) is 0 Å². The van der Waals surface area contributed by atoms with Gasteiger partial charge in [-0.25, -0.2) is 0 Å². The van der Waals surface area contributed by atoms with Crippen LogP contribution >= 0.6 is 11.8 Å². The van der Waals surface area contributed by atoms with Crippen molar-refractivity contribution >= 4 is 17.7 Å². The molecule has 12 heavy (non-hydrogen) atoms. The van der Waals surface area contributed by atoms with E-state index in [4.69, 9.17) is 5.11 Å². The van der Waals surface area contributed by atoms with Crippen molar-refractivity contribution in [3.05, 3.63) is 0 Å². The highest BCUT2D eigenvalue weighted by Gasteiger charge is 2.37. The first kappa shape index (κ1) is 9.86. The summed E-state index contributed by atoms with van der Waals surface area (Å²) in [7, 11) is 0. The van der Waals surface area contributed by atoms with Gasteiger partial charge in [0.25, 0.3) is 0 Å². The maximum atomic E-state index is 11.2. The molecule has 1 aliphatic rings. The van der Waals surface area contributed by atoms with Gasteiger partial charge in [0.15, 0.2) is 0 Å². The minimum Gasteiger partial charge on any atom is -0.394 e. The summed E-state index contributed by atoms with van der Waals surface area (Å²) >= 11 is 1.50. The van der Waals surface area contributed by atoms with Crippen LogP contribution in [0.2, 0.25) is 0 Å². The molecule has 3 nitrogen and oxygen atoms in total. The number of thioether (sulfide) groups is 1. The summed E-state index contributed by atoms with van der Waals surface area (Å²) in [5, 5.41) is 11.9. The van der Waals surface area contributed by atoms with Crippen molar-refractivity contribution in [2.45, 2.75) is 24.8 Å². The Morgan fingerprint density at radius 3 is 2.67 bits per heavy atom. The summed E-state index contributed by atoms with van der Waals surface area (Å²) < 4.78 is 0. The minimum atomic E-state index is -0.271. The molecule has 1 aliphatic carbocycles. The van der Waals surface area contributed by atoms with Gasteiger partial charge in [0.2, 0.25) is 5.91 Å². The third-order valence-corrected chi connectivity index (χ3v) is 2.84. The molecular weight excluding hydrogens is 174 g/mol. The zero-order valence-corrected chi connectivity index (χ0v) is 8.12. The van der Waals surface area contributed by atoms with E-state index in [0.29, 0.717) is 5.75 Å². The van der Waals surface area contributed by atoms with Crippen molar-refractivity contribution in [1.29, 1.82) is 0 Å². The fraction of sp³-hybridized carbons (Fsp3) is 0.875. The Hall–Kier alpha value is -0.220. The fourth-order valence-electron chi connectivity index (χ4n) is 1.39. The Balaban J connectivity index is 2.32. The van der Waals surface area contributed by atoms with Crippen molar-refractivity contribution in [1.82, 2.24) is 5.32 Å². The van der Waals surface area contributed by atoms with Crippen LogP contribution in [0, 0.1) is 0 Å². The number of hydrogen-bond donors (Lipinski definition) is 2. The molecule has 0 unspecified atom stereocenters. The van der Waals surface area contributed by atoms with Gasteiger partial charge in [-0.1, -0.05) is 0 Å². The molecule has 70 valence electrons. The number of rotatable bonds is 4. The predicted molar refractivity (Wildman–Crippen MR) is 50.2 cm³/mol. The second-order valence-corrected chi connectivity index (χ2v) is 4.14. The minimum absolute atomic E-state index is 0.0382. The molecule has 0 aromatic heterocycles. The van der Waals surface area contributed by atoms with Gasteiger partial charge in [-0.3, -0.25) is 4.79 Å². The molecule has 0 aliphatic heterocycles. The molecule has 1 saturated carbocycles. The first-order valence-electron chi connectivity index (χ1n) is 4.13. The summed E-state index contributed by atoms with van der Waals surface area (Å²) in [6.07, 6.45) is 4.85.